The summed E-state index contributed by atoms with van der Waals surface area (Å²) in [6.07, 6.45) is -2.22. The zero-order valence-electron chi connectivity index (χ0n) is 13.2. The molecule has 1 aromatic heterocycles. The number of hydrogen-bond donors (Lipinski definition) is 2. The Balaban J connectivity index is 1.93. The first-order valence-electron chi connectivity index (χ1n) is 7.50. The van der Waals surface area contributed by atoms with Gasteiger partial charge >= 0.3 is 6.18 Å². The van der Waals surface area contributed by atoms with Gasteiger partial charge in [0.25, 0.3) is 0 Å². The summed E-state index contributed by atoms with van der Waals surface area (Å²) < 4.78 is 38.8. The molecule has 0 spiro atoms. The second-order valence-electron chi connectivity index (χ2n) is 5.60. The summed E-state index contributed by atoms with van der Waals surface area (Å²) in [7, 11) is 0. The van der Waals surface area contributed by atoms with Gasteiger partial charge in [-0.1, -0.05) is 12.1 Å². The average molecular weight is 340 g/mol. The molecule has 0 aliphatic heterocycles. The van der Waals surface area contributed by atoms with Crippen LogP contribution in [0.2, 0.25) is 0 Å². The molecule has 0 saturated carbocycles. The smallest absolute Gasteiger partial charge is 0.352 e. The molecule has 130 valence electrons. The van der Waals surface area contributed by atoms with Crippen LogP contribution in [0.15, 0.2) is 36.5 Å². The highest BCUT2D eigenvalue weighted by Gasteiger charge is 2.33. The van der Waals surface area contributed by atoms with Crippen LogP contribution in [-0.2, 0) is 17.5 Å². The van der Waals surface area contributed by atoms with Crippen molar-refractivity contribution in [1.29, 1.82) is 0 Å². The summed E-state index contributed by atoms with van der Waals surface area (Å²) in [5, 5.41) is 6.28. The van der Waals surface area contributed by atoms with E-state index in [1.807, 2.05) is 6.92 Å². The molecule has 0 saturated heterocycles. The van der Waals surface area contributed by atoms with E-state index in [1.165, 1.54) is 6.20 Å². The highest BCUT2D eigenvalue weighted by molar-refractivity contribution is 5.75. The van der Waals surface area contributed by atoms with Crippen LogP contribution in [0, 0.1) is 0 Å². The van der Waals surface area contributed by atoms with Gasteiger partial charge in [-0.15, -0.1) is 0 Å². The first-order chi connectivity index (χ1) is 11.3. The number of amides is 1. The number of alkyl halides is 3. The van der Waals surface area contributed by atoms with Crippen LogP contribution < -0.4 is 11.1 Å². The molecule has 0 radical (unpaired) electrons. The average Bonchev–Trinajstić information content (AvgIpc) is 3.01. The number of carbonyl (C=O) groups excluding carboxylic acids is 1. The minimum Gasteiger partial charge on any atom is -0.352 e. The molecule has 1 unspecified atom stereocenters. The van der Waals surface area contributed by atoms with Crippen molar-refractivity contribution >= 4 is 5.91 Å². The van der Waals surface area contributed by atoms with Crippen molar-refractivity contribution in [3.63, 3.8) is 0 Å². The molecular formula is C16H19F3N4O. The standard InChI is InChI=1S/C16H19F3N4O/c1-11(20)2-7-15(24)21-10-12-3-5-13(6-4-12)23-9-8-14(22-23)16(17,18)19/h3-6,8-9,11H,2,7,10,20H2,1H3,(H,21,24). The summed E-state index contributed by atoms with van der Waals surface area (Å²) in [6.45, 7) is 2.19. The molecule has 0 aliphatic rings. The number of aromatic nitrogens is 2. The molecule has 8 heteroatoms. The molecule has 5 nitrogen and oxygen atoms in total. The van der Waals surface area contributed by atoms with E-state index in [1.54, 1.807) is 24.3 Å². The van der Waals surface area contributed by atoms with Gasteiger partial charge in [-0.05, 0) is 37.1 Å². The Labute approximate surface area is 137 Å². The monoisotopic (exact) mass is 340 g/mol. The van der Waals surface area contributed by atoms with E-state index in [0.717, 1.165) is 16.3 Å². The maximum atomic E-state index is 12.5. The highest BCUT2D eigenvalue weighted by Crippen LogP contribution is 2.27. The molecule has 1 atom stereocenters. The number of hydrogen-bond acceptors (Lipinski definition) is 3. The number of carbonyl (C=O) groups is 1. The Kier molecular flexibility index (Phi) is 5.61. The fourth-order valence-corrected chi connectivity index (χ4v) is 2.03. The van der Waals surface area contributed by atoms with Gasteiger partial charge in [-0.3, -0.25) is 4.79 Å². The predicted molar refractivity (Wildman–Crippen MR) is 83.3 cm³/mol. The molecule has 0 bridgehead atoms. The fourth-order valence-electron chi connectivity index (χ4n) is 2.03. The topological polar surface area (TPSA) is 72.9 Å². The highest BCUT2D eigenvalue weighted by atomic mass is 19.4. The summed E-state index contributed by atoms with van der Waals surface area (Å²) in [4.78, 5) is 11.6. The predicted octanol–water partition coefficient (Wildman–Crippen LogP) is 2.63. The van der Waals surface area contributed by atoms with E-state index in [9.17, 15) is 18.0 Å². The zero-order valence-corrected chi connectivity index (χ0v) is 13.2. The Hall–Kier alpha value is -2.35. The van der Waals surface area contributed by atoms with E-state index < -0.39 is 11.9 Å². The van der Waals surface area contributed by atoms with Gasteiger partial charge in [0.2, 0.25) is 5.91 Å². The fraction of sp³-hybridized carbons (Fsp3) is 0.375. The SMILES string of the molecule is CC(N)CCC(=O)NCc1ccc(-n2ccc(C(F)(F)F)n2)cc1. The van der Waals surface area contributed by atoms with Crippen LogP contribution in [0.3, 0.4) is 0 Å². The van der Waals surface area contributed by atoms with E-state index in [-0.39, 0.29) is 11.9 Å². The summed E-state index contributed by atoms with van der Waals surface area (Å²) in [5.74, 6) is -0.0849. The molecule has 1 heterocycles. The van der Waals surface area contributed by atoms with Gasteiger partial charge in [0, 0.05) is 25.2 Å². The van der Waals surface area contributed by atoms with Crippen molar-refractivity contribution in [2.24, 2.45) is 5.73 Å². The van der Waals surface area contributed by atoms with Gasteiger partial charge in [-0.2, -0.15) is 18.3 Å². The van der Waals surface area contributed by atoms with Crippen LogP contribution in [0.1, 0.15) is 31.0 Å². The van der Waals surface area contributed by atoms with Gasteiger partial charge in [0.05, 0.1) is 5.69 Å². The van der Waals surface area contributed by atoms with Gasteiger partial charge in [0.15, 0.2) is 5.69 Å². The van der Waals surface area contributed by atoms with Gasteiger partial charge in [-0.25, -0.2) is 4.68 Å². The first-order valence-corrected chi connectivity index (χ1v) is 7.50. The lowest BCUT2D eigenvalue weighted by molar-refractivity contribution is -0.141. The van der Waals surface area contributed by atoms with Gasteiger partial charge in [0.1, 0.15) is 0 Å². The number of rotatable bonds is 6. The molecule has 1 amide bonds. The molecule has 2 aromatic rings. The third kappa shape index (κ3) is 5.09. The molecule has 0 fully saturated rings. The second kappa shape index (κ2) is 7.48. The zero-order chi connectivity index (χ0) is 17.7. The van der Waals surface area contributed by atoms with Crippen LogP contribution >= 0.6 is 0 Å². The van der Waals surface area contributed by atoms with E-state index in [0.29, 0.717) is 25.1 Å². The minimum atomic E-state index is -4.46. The summed E-state index contributed by atoms with van der Waals surface area (Å²) >= 11 is 0. The quantitative estimate of drug-likeness (QED) is 0.849. The second-order valence-corrected chi connectivity index (χ2v) is 5.60. The number of nitrogens with two attached hydrogens (primary N) is 1. The van der Waals surface area contributed by atoms with Crippen LogP contribution in [0.4, 0.5) is 13.2 Å². The third-order valence-corrected chi connectivity index (χ3v) is 3.40. The Bertz CT molecular complexity index is 677. The van der Waals surface area contributed by atoms with E-state index in [4.69, 9.17) is 5.73 Å². The van der Waals surface area contributed by atoms with Crippen molar-refractivity contribution < 1.29 is 18.0 Å². The van der Waals surface area contributed by atoms with Crippen molar-refractivity contribution in [2.45, 2.75) is 38.5 Å². The molecular weight excluding hydrogens is 321 g/mol. The molecule has 24 heavy (non-hydrogen) atoms. The van der Waals surface area contributed by atoms with Crippen molar-refractivity contribution in [3.8, 4) is 5.69 Å². The molecule has 2 rings (SSSR count). The Morgan fingerprint density at radius 2 is 1.96 bits per heavy atom. The normalized spacial score (nSPS) is 12.9. The lowest BCUT2D eigenvalue weighted by atomic mass is 10.1. The Morgan fingerprint density at radius 3 is 2.50 bits per heavy atom. The lowest BCUT2D eigenvalue weighted by Crippen LogP contribution is -2.25. The Morgan fingerprint density at radius 1 is 1.29 bits per heavy atom. The number of halogens is 3. The van der Waals surface area contributed by atoms with Crippen LogP contribution in [-0.4, -0.2) is 21.7 Å². The largest absolute Gasteiger partial charge is 0.435 e. The van der Waals surface area contributed by atoms with Crippen molar-refractivity contribution in [1.82, 2.24) is 15.1 Å². The molecule has 3 N–H and O–H groups in total. The summed E-state index contributed by atoms with van der Waals surface area (Å²) in [5.41, 5.74) is 6.01. The number of nitrogens with one attached hydrogen (secondary N) is 1. The number of benzene rings is 1. The minimum absolute atomic E-state index is 0.0225. The number of nitrogens with zero attached hydrogens (tertiary/aromatic N) is 2. The van der Waals surface area contributed by atoms with Crippen molar-refractivity contribution in [2.75, 3.05) is 0 Å². The van der Waals surface area contributed by atoms with E-state index >= 15 is 0 Å². The van der Waals surface area contributed by atoms with Crippen molar-refractivity contribution in [3.05, 3.63) is 47.8 Å². The molecule has 1 aromatic carbocycles. The lowest BCUT2D eigenvalue weighted by Gasteiger charge is -2.08. The molecule has 0 aliphatic carbocycles. The van der Waals surface area contributed by atoms with Gasteiger partial charge < -0.3 is 11.1 Å². The maximum Gasteiger partial charge on any atom is 0.435 e. The summed E-state index contributed by atoms with van der Waals surface area (Å²) in [6, 6.07) is 7.66. The maximum absolute atomic E-state index is 12.5. The first kappa shape index (κ1) is 18.0. The third-order valence-electron chi connectivity index (χ3n) is 3.40. The van der Waals surface area contributed by atoms with Crippen LogP contribution in [0.5, 0.6) is 0 Å². The van der Waals surface area contributed by atoms with E-state index in [2.05, 4.69) is 10.4 Å². The van der Waals surface area contributed by atoms with Crippen LogP contribution in [0.25, 0.3) is 5.69 Å².